The number of nitrogens with zero attached hydrogens (tertiary/aromatic N) is 4. The van der Waals surface area contributed by atoms with Crippen LogP contribution in [-0.2, 0) is 6.42 Å². The number of nitrogens with one attached hydrogen (secondary N) is 1. The highest BCUT2D eigenvalue weighted by Crippen LogP contribution is 2.41. The summed E-state index contributed by atoms with van der Waals surface area (Å²) in [5.74, 6) is -0.440. The molecule has 1 atom stereocenters. The monoisotopic (exact) mass is 385 g/mol. The molecule has 0 unspecified atom stereocenters. The number of halogens is 1. The summed E-state index contributed by atoms with van der Waals surface area (Å²) in [6.45, 7) is 6.13. The predicted octanol–water partition coefficient (Wildman–Crippen LogP) is 3.61. The minimum absolute atomic E-state index is 0.0102. The summed E-state index contributed by atoms with van der Waals surface area (Å²) < 4.78 is 19.0. The van der Waals surface area contributed by atoms with Gasteiger partial charge in [-0.25, -0.2) is 9.07 Å². The molecule has 4 rings (SSSR count). The van der Waals surface area contributed by atoms with Crippen molar-refractivity contribution >= 4 is 17.4 Å². The third-order valence-corrected chi connectivity index (χ3v) is 5.74. The standard InChI is InChI=1S/C19H20FN5OS/c1-11-17(27-24-23-11)18(26)22-15-8-19(2,3)9-16-14(15)10-21-25(16)13-6-4-12(20)5-7-13/h4-7,10,15H,8-9H2,1-3H3,(H,22,26)/t15-/m1/s1. The van der Waals surface area contributed by atoms with Crippen LogP contribution in [0.25, 0.3) is 5.69 Å². The molecular weight excluding hydrogens is 365 g/mol. The van der Waals surface area contributed by atoms with Crippen LogP contribution in [0.1, 0.15) is 52.9 Å². The van der Waals surface area contributed by atoms with E-state index in [1.54, 1.807) is 25.3 Å². The van der Waals surface area contributed by atoms with Gasteiger partial charge in [0.05, 0.1) is 29.3 Å². The van der Waals surface area contributed by atoms with Crippen molar-refractivity contribution in [3.8, 4) is 5.69 Å². The summed E-state index contributed by atoms with van der Waals surface area (Å²) in [5.41, 5.74) is 3.48. The van der Waals surface area contributed by atoms with Crippen molar-refractivity contribution in [1.82, 2.24) is 24.7 Å². The molecule has 3 aromatic rings. The zero-order valence-electron chi connectivity index (χ0n) is 15.4. The SMILES string of the molecule is Cc1nnsc1C(=O)N[C@@H]1CC(C)(C)Cc2c1cnn2-c1ccc(F)cc1. The Balaban J connectivity index is 1.69. The second kappa shape index (κ2) is 6.53. The highest BCUT2D eigenvalue weighted by atomic mass is 32.1. The molecule has 0 aliphatic heterocycles. The van der Waals surface area contributed by atoms with Gasteiger partial charge in [-0.3, -0.25) is 4.79 Å². The Hall–Kier alpha value is -2.61. The van der Waals surface area contributed by atoms with Gasteiger partial charge in [0.2, 0.25) is 0 Å². The molecule has 140 valence electrons. The molecule has 0 fully saturated rings. The van der Waals surface area contributed by atoms with E-state index in [1.807, 2.05) is 4.68 Å². The van der Waals surface area contributed by atoms with E-state index in [0.717, 1.165) is 41.3 Å². The predicted molar refractivity (Wildman–Crippen MR) is 100 cm³/mol. The minimum Gasteiger partial charge on any atom is -0.344 e. The molecule has 8 heteroatoms. The van der Waals surface area contributed by atoms with Crippen LogP contribution in [0.15, 0.2) is 30.5 Å². The molecule has 0 spiro atoms. The van der Waals surface area contributed by atoms with Crippen molar-refractivity contribution < 1.29 is 9.18 Å². The molecule has 2 aromatic heterocycles. The molecule has 0 radical (unpaired) electrons. The molecule has 6 nitrogen and oxygen atoms in total. The van der Waals surface area contributed by atoms with E-state index in [2.05, 4.69) is 33.8 Å². The van der Waals surface area contributed by atoms with Crippen molar-refractivity contribution in [3.05, 3.63) is 58.1 Å². The van der Waals surface area contributed by atoms with Crippen LogP contribution in [-0.4, -0.2) is 25.3 Å². The van der Waals surface area contributed by atoms with Crippen molar-refractivity contribution in [2.24, 2.45) is 5.41 Å². The fourth-order valence-electron chi connectivity index (χ4n) is 3.64. The third kappa shape index (κ3) is 3.37. The molecule has 27 heavy (non-hydrogen) atoms. The lowest BCUT2D eigenvalue weighted by atomic mass is 9.74. The van der Waals surface area contributed by atoms with Gasteiger partial charge < -0.3 is 5.32 Å². The van der Waals surface area contributed by atoms with E-state index in [9.17, 15) is 9.18 Å². The maximum atomic E-state index is 13.3. The van der Waals surface area contributed by atoms with E-state index >= 15 is 0 Å². The van der Waals surface area contributed by atoms with Gasteiger partial charge in [-0.15, -0.1) is 5.10 Å². The highest BCUT2D eigenvalue weighted by Gasteiger charge is 2.36. The molecule has 1 N–H and O–H groups in total. The summed E-state index contributed by atoms with van der Waals surface area (Å²) in [5, 5.41) is 11.6. The fraction of sp³-hybridized carbons (Fsp3) is 0.368. The van der Waals surface area contributed by atoms with Crippen molar-refractivity contribution in [3.63, 3.8) is 0 Å². The highest BCUT2D eigenvalue weighted by molar-refractivity contribution is 7.08. The van der Waals surface area contributed by atoms with E-state index in [1.165, 1.54) is 12.1 Å². The van der Waals surface area contributed by atoms with Crippen LogP contribution in [0.2, 0.25) is 0 Å². The van der Waals surface area contributed by atoms with E-state index in [4.69, 9.17) is 0 Å². The Kier molecular flexibility index (Phi) is 4.30. The van der Waals surface area contributed by atoms with Gasteiger partial charge in [-0.1, -0.05) is 18.3 Å². The number of amides is 1. The first-order valence-electron chi connectivity index (χ1n) is 8.77. The van der Waals surface area contributed by atoms with Crippen LogP contribution >= 0.6 is 11.5 Å². The molecule has 1 aliphatic carbocycles. The smallest absolute Gasteiger partial charge is 0.265 e. The largest absolute Gasteiger partial charge is 0.344 e. The number of carbonyl (C=O) groups is 1. The molecule has 0 bridgehead atoms. The number of rotatable bonds is 3. The maximum Gasteiger partial charge on any atom is 0.265 e. The number of benzene rings is 1. The summed E-state index contributed by atoms with van der Waals surface area (Å²) >= 11 is 1.10. The molecule has 0 saturated carbocycles. The Labute approximate surface area is 160 Å². The average Bonchev–Trinajstić information content (AvgIpc) is 3.21. The topological polar surface area (TPSA) is 72.7 Å². The van der Waals surface area contributed by atoms with Gasteiger partial charge in [-0.2, -0.15) is 5.10 Å². The van der Waals surface area contributed by atoms with Gasteiger partial charge >= 0.3 is 0 Å². The first-order chi connectivity index (χ1) is 12.8. The lowest BCUT2D eigenvalue weighted by Crippen LogP contribution is -2.36. The number of aryl methyl sites for hydroxylation is 1. The minimum atomic E-state index is -0.279. The zero-order chi connectivity index (χ0) is 19.2. The summed E-state index contributed by atoms with van der Waals surface area (Å²) in [7, 11) is 0. The molecule has 0 saturated heterocycles. The van der Waals surface area contributed by atoms with Crippen molar-refractivity contribution in [1.29, 1.82) is 0 Å². The maximum absolute atomic E-state index is 13.3. The Bertz CT molecular complexity index is 992. The summed E-state index contributed by atoms with van der Waals surface area (Å²) in [6.07, 6.45) is 3.44. The molecule has 2 heterocycles. The second-order valence-corrected chi connectivity index (χ2v) is 8.45. The van der Waals surface area contributed by atoms with Crippen molar-refractivity contribution in [2.75, 3.05) is 0 Å². The third-order valence-electron chi connectivity index (χ3n) is 4.91. The molecule has 1 amide bonds. The fourth-order valence-corrected chi connectivity index (χ4v) is 4.20. The van der Waals surface area contributed by atoms with Gasteiger partial charge in [0.25, 0.3) is 5.91 Å². The first-order valence-corrected chi connectivity index (χ1v) is 9.54. The second-order valence-electron chi connectivity index (χ2n) is 7.69. The lowest BCUT2D eigenvalue weighted by Gasteiger charge is -2.35. The van der Waals surface area contributed by atoms with Crippen LogP contribution in [0.4, 0.5) is 4.39 Å². The zero-order valence-corrected chi connectivity index (χ0v) is 16.2. The molecular formula is C19H20FN5OS. The van der Waals surface area contributed by atoms with Gasteiger partial charge in [0, 0.05) is 5.56 Å². The van der Waals surface area contributed by atoms with E-state index < -0.39 is 0 Å². The van der Waals surface area contributed by atoms with Crippen LogP contribution in [0, 0.1) is 18.2 Å². The summed E-state index contributed by atoms with van der Waals surface area (Å²) in [4.78, 5) is 13.2. The van der Waals surface area contributed by atoms with Crippen LogP contribution < -0.4 is 5.32 Å². The Morgan fingerprint density at radius 1 is 1.33 bits per heavy atom. The Morgan fingerprint density at radius 2 is 2.07 bits per heavy atom. The van der Waals surface area contributed by atoms with E-state index in [-0.39, 0.29) is 23.2 Å². The number of carbonyl (C=O) groups excluding carboxylic acids is 1. The number of hydrogen-bond donors (Lipinski definition) is 1. The molecule has 1 aromatic carbocycles. The normalized spacial score (nSPS) is 18.1. The number of aromatic nitrogens is 4. The van der Waals surface area contributed by atoms with Gasteiger partial charge in [0.1, 0.15) is 10.7 Å². The van der Waals surface area contributed by atoms with Crippen LogP contribution in [0.5, 0.6) is 0 Å². The number of fused-ring (bicyclic) bond motifs is 1. The van der Waals surface area contributed by atoms with E-state index in [0.29, 0.717) is 10.6 Å². The average molecular weight is 385 g/mol. The van der Waals surface area contributed by atoms with Crippen molar-refractivity contribution in [2.45, 2.75) is 39.7 Å². The first kappa shape index (κ1) is 17.8. The quantitative estimate of drug-likeness (QED) is 0.747. The number of hydrogen-bond acceptors (Lipinski definition) is 5. The van der Waals surface area contributed by atoms with Crippen LogP contribution in [0.3, 0.4) is 0 Å². The molecule has 1 aliphatic rings. The Morgan fingerprint density at radius 3 is 2.74 bits per heavy atom. The van der Waals surface area contributed by atoms with Gasteiger partial charge in [-0.05, 0) is 61.0 Å². The lowest BCUT2D eigenvalue weighted by molar-refractivity contribution is 0.0922. The van der Waals surface area contributed by atoms with Gasteiger partial charge in [0.15, 0.2) is 0 Å². The summed E-state index contributed by atoms with van der Waals surface area (Å²) in [6, 6.07) is 6.13.